The smallest absolute Gasteiger partial charge is 0.242 e. The van der Waals surface area contributed by atoms with Crippen molar-refractivity contribution in [2.45, 2.75) is 44.2 Å². The van der Waals surface area contributed by atoms with Crippen molar-refractivity contribution in [3.63, 3.8) is 0 Å². The zero-order valence-corrected chi connectivity index (χ0v) is 19.3. The van der Waals surface area contributed by atoms with Gasteiger partial charge in [0.2, 0.25) is 11.8 Å². The van der Waals surface area contributed by atoms with Gasteiger partial charge in [0.25, 0.3) is 0 Å². The lowest BCUT2D eigenvalue weighted by molar-refractivity contribution is -0.141. The second-order valence-corrected chi connectivity index (χ2v) is 8.35. The van der Waals surface area contributed by atoms with E-state index in [4.69, 9.17) is 16.3 Å². The summed E-state index contributed by atoms with van der Waals surface area (Å²) in [4.78, 5) is 28.5. The Bertz CT molecular complexity index is 829. The van der Waals surface area contributed by atoms with E-state index < -0.39 is 6.04 Å². The molecule has 2 rings (SSSR count). The summed E-state index contributed by atoms with van der Waals surface area (Å²) in [5, 5.41) is 3.54. The summed E-state index contributed by atoms with van der Waals surface area (Å²) in [6.07, 6.45) is 0.888. The number of carbonyl (C=O) groups excluding carboxylic acids is 2. The highest BCUT2D eigenvalue weighted by Gasteiger charge is 2.28. The Morgan fingerprint density at radius 1 is 1.17 bits per heavy atom. The van der Waals surface area contributed by atoms with Crippen molar-refractivity contribution < 1.29 is 14.3 Å². The number of halogens is 1. The molecule has 0 aromatic heterocycles. The molecule has 30 heavy (non-hydrogen) atoms. The molecule has 0 bridgehead atoms. The van der Waals surface area contributed by atoms with Crippen molar-refractivity contribution in [2.75, 3.05) is 19.4 Å². The minimum atomic E-state index is -0.510. The molecule has 0 saturated carbocycles. The number of ether oxygens (including phenoxy) is 1. The monoisotopic (exact) mass is 448 g/mol. The predicted molar refractivity (Wildman–Crippen MR) is 123 cm³/mol. The fourth-order valence-electron chi connectivity index (χ4n) is 3.11. The van der Waals surface area contributed by atoms with Crippen LogP contribution in [0.25, 0.3) is 0 Å². The average molecular weight is 449 g/mol. The van der Waals surface area contributed by atoms with Crippen molar-refractivity contribution in [2.24, 2.45) is 0 Å². The minimum Gasteiger partial charge on any atom is -0.497 e. The van der Waals surface area contributed by atoms with Gasteiger partial charge in [-0.1, -0.05) is 30.7 Å². The van der Waals surface area contributed by atoms with Gasteiger partial charge in [-0.15, -0.1) is 11.8 Å². The van der Waals surface area contributed by atoms with Gasteiger partial charge >= 0.3 is 0 Å². The molecular weight excluding hydrogens is 420 g/mol. The molecule has 162 valence electrons. The number of hydrogen-bond acceptors (Lipinski definition) is 4. The molecule has 0 radical (unpaired) electrons. The van der Waals surface area contributed by atoms with Gasteiger partial charge in [0.05, 0.1) is 7.11 Å². The molecular formula is C23H29ClN2O3S. The highest BCUT2D eigenvalue weighted by atomic mass is 35.5. The summed E-state index contributed by atoms with van der Waals surface area (Å²) in [6.45, 7) is 4.69. The van der Waals surface area contributed by atoms with Crippen molar-refractivity contribution in [3.8, 4) is 5.75 Å². The first-order valence-electron chi connectivity index (χ1n) is 10.1. The van der Waals surface area contributed by atoms with Crippen LogP contribution >= 0.6 is 23.4 Å². The number of carbonyl (C=O) groups is 2. The SMILES string of the molecule is CCNC(=O)[C@@H](CC)N(Cc1cccc(OC)c1)C(=O)CCSc1ccc(Cl)cc1. The van der Waals surface area contributed by atoms with Crippen LogP contribution in [0.5, 0.6) is 5.75 Å². The van der Waals surface area contributed by atoms with Gasteiger partial charge in [0.1, 0.15) is 11.8 Å². The van der Waals surface area contributed by atoms with Crippen molar-refractivity contribution in [3.05, 3.63) is 59.1 Å². The number of nitrogens with zero attached hydrogens (tertiary/aromatic N) is 1. The zero-order valence-electron chi connectivity index (χ0n) is 17.7. The lowest BCUT2D eigenvalue weighted by Crippen LogP contribution is -2.49. The van der Waals surface area contributed by atoms with Crippen LogP contribution in [0, 0.1) is 0 Å². The van der Waals surface area contributed by atoms with E-state index in [0.29, 0.717) is 36.7 Å². The molecule has 5 nitrogen and oxygen atoms in total. The number of rotatable bonds is 11. The van der Waals surface area contributed by atoms with Gasteiger partial charge in [-0.25, -0.2) is 0 Å². The van der Waals surface area contributed by atoms with E-state index in [-0.39, 0.29) is 11.8 Å². The third kappa shape index (κ3) is 7.26. The average Bonchev–Trinajstić information content (AvgIpc) is 2.75. The van der Waals surface area contributed by atoms with Crippen molar-refractivity contribution in [1.82, 2.24) is 10.2 Å². The Hall–Kier alpha value is -2.18. The maximum Gasteiger partial charge on any atom is 0.242 e. The van der Waals surface area contributed by atoms with Crippen LogP contribution in [0.3, 0.4) is 0 Å². The first-order chi connectivity index (χ1) is 14.5. The highest BCUT2D eigenvalue weighted by molar-refractivity contribution is 7.99. The molecule has 0 aliphatic carbocycles. The molecule has 2 aromatic rings. The maximum absolute atomic E-state index is 13.1. The van der Waals surface area contributed by atoms with E-state index in [2.05, 4.69) is 5.32 Å². The van der Waals surface area contributed by atoms with Crippen LogP contribution in [-0.2, 0) is 16.1 Å². The fraction of sp³-hybridized carbons (Fsp3) is 0.391. The Labute approximate surface area is 188 Å². The molecule has 2 amide bonds. The standard InChI is InChI=1S/C23H29ClN2O3S/c1-4-21(23(28)25-5-2)26(16-17-7-6-8-19(15-17)29-3)22(27)13-14-30-20-11-9-18(24)10-12-20/h6-12,15,21H,4-5,13-14,16H2,1-3H3,(H,25,28)/t21-/m1/s1. The van der Waals surface area contributed by atoms with E-state index in [9.17, 15) is 9.59 Å². The molecule has 2 aromatic carbocycles. The van der Waals surface area contributed by atoms with E-state index >= 15 is 0 Å². The normalized spacial score (nSPS) is 11.6. The van der Waals surface area contributed by atoms with Gasteiger partial charge < -0.3 is 15.0 Å². The van der Waals surface area contributed by atoms with Crippen molar-refractivity contribution in [1.29, 1.82) is 0 Å². The van der Waals surface area contributed by atoms with Crippen LogP contribution in [0.2, 0.25) is 5.02 Å². The van der Waals surface area contributed by atoms with Gasteiger partial charge in [0, 0.05) is 35.2 Å². The summed E-state index contributed by atoms with van der Waals surface area (Å²) in [5.74, 6) is 1.18. The Balaban J connectivity index is 2.12. The molecule has 0 unspecified atom stereocenters. The minimum absolute atomic E-state index is 0.0441. The van der Waals surface area contributed by atoms with Crippen LogP contribution in [0.15, 0.2) is 53.4 Å². The molecule has 0 aliphatic rings. The second kappa shape index (κ2) is 12.5. The van der Waals surface area contributed by atoms with Gasteiger partial charge in [-0.05, 0) is 55.3 Å². The molecule has 7 heteroatoms. The predicted octanol–water partition coefficient (Wildman–Crippen LogP) is 4.77. The largest absolute Gasteiger partial charge is 0.497 e. The lowest BCUT2D eigenvalue weighted by Gasteiger charge is -2.30. The number of hydrogen-bond donors (Lipinski definition) is 1. The molecule has 0 spiro atoms. The lowest BCUT2D eigenvalue weighted by atomic mass is 10.1. The number of likely N-dealkylation sites (N-methyl/N-ethyl adjacent to an activating group) is 1. The molecule has 0 fully saturated rings. The number of nitrogens with one attached hydrogen (secondary N) is 1. The van der Waals surface area contributed by atoms with E-state index in [1.165, 1.54) is 0 Å². The fourth-order valence-corrected chi connectivity index (χ4v) is 4.08. The van der Waals surface area contributed by atoms with Crippen LogP contribution in [0.1, 0.15) is 32.3 Å². The summed E-state index contributed by atoms with van der Waals surface area (Å²) in [6, 6.07) is 14.6. The van der Waals surface area contributed by atoms with E-state index in [1.54, 1.807) is 23.8 Å². The topological polar surface area (TPSA) is 58.6 Å². The first kappa shape index (κ1) is 24.1. The van der Waals surface area contributed by atoms with Crippen molar-refractivity contribution >= 4 is 35.2 Å². The first-order valence-corrected chi connectivity index (χ1v) is 11.4. The Morgan fingerprint density at radius 3 is 2.53 bits per heavy atom. The second-order valence-electron chi connectivity index (χ2n) is 6.74. The van der Waals surface area contributed by atoms with Gasteiger partial charge in [0.15, 0.2) is 0 Å². The van der Waals surface area contributed by atoms with E-state index in [0.717, 1.165) is 16.2 Å². The third-order valence-electron chi connectivity index (χ3n) is 4.62. The molecule has 0 heterocycles. The Kier molecular flexibility index (Phi) is 10.0. The number of benzene rings is 2. The van der Waals surface area contributed by atoms with Gasteiger partial charge in [-0.3, -0.25) is 9.59 Å². The summed E-state index contributed by atoms with van der Waals surface area (Å²) in [5.41, 5.74) is 0.927. The molecule has 1 N–H and O–H groups in total. The van der Waals surface area contributed by atoms with Crippen LogP contribution < -0.4 is 10.1 Å². The molecule has 0 aliphatic heterocycles. The number of methoxy groups -OCH3 is 1. The van der Waals surface area contributed by atoms with Crippen LogP contribution in [-0.4, -0.2) is 42.2 Å². The zero-order chi connectivity index (χ0) is 21.9. The quantitative estimate of drug-likeness (QED) is 0.503. The van der Waals surface area contributed by atoms with Crippen LogP contribution in [0.4, 0.5) is 0 Å². The van der Waals surface area contributed by atoms with E-state index in [1.807, 2.05) is 62.4 Å². The maximum atomic E-state index is 13.1. The highest BCUT2D eigenvalue weighted by Crippen LogP contribution is 2.23. The molecule has 1 atom stereocenters. The third-order valence-corrected chi connectivity index (χ3v) is 5.89. The Morgan fingerprint density at radius 2 is 1.90 bits per heavy atom. The number of amides is 2. The summed E-state index contributed by atoms with van der Waals surface area (Å²) < 4.78 is 5.30. The van der Waals surface area contributed by atoms with Gasteiger partial charge in [-0.2, -0.15) is 0 Å². The molecule has 0 saturated heterocycles. The number of thioether (sulfide) groups is 1. The summed E-state index contributed by atoms with van der Waals surface area (Å²) >= 11 is 7.52. The summed E-state index contributed by atoms with van der Waals surface area (Å²) in [7, 11) is 1.61.